The smallest absolute Gasteiger partial charge is 0.310 e. The largest absolute Gasteiger partial charge is 0.481 e. The molecule has 4 bridgehead atoms. The molecule has 310 valence electrons. The molecule has 4 saturated carbocycles. The van der Waals surface area contributed by atoms with Gasteiger partial charge < -0.3 is 50.0 Å². The topological polar surface area (TPSA) is 186 Å². The highest BCUT2D eigenvalue weighted by Crippen LogP contribution is 2.79. The zero-order valence-corrected chi connectivity index (χ0v) is 33.6. The van der Waals surface area contributed by atoms with Crippen molar-refractivity contribution in [2.24, 2.45) is 68.0 Å². The van der Waals surface area contributed by atoms with Gasteiger partial charge in [0.1, 0.15) is 18.3 Å². The second-order valence-corrected chi connectivity index (χ2v) is 20.2. The number of ether oxygens (including phenoxy) is 3. The van der Waals surface area contributed by atoms with Crippen LogP contribution in [0.1, 0.15) is 78.7 Å². The number of hydrogen-bond donors (Lipinski definition) is 7. The van der Waals surface area contributed by atoms with Crippen LogP contribution < -0.4 is 0 Å². The summed E-state index contributed by atoms with van der Waals surface area (Å²) in [6.45, 7) is 10.8. The Morgan fingerprint density at radius 3 is 2.30 bits per heavy atom. The van der Waals surface area contributed by atoms with E-state index in [2.05, 4.69) is 52.8 Å². The number of allylic oxidation sites excluding steroid dienone is 3. The van der Waals surface area contributed by atoms with E-state index in [0.29, 0.717) is 32.1 Å². The van der Waals surface area contributed by atoms with Gasteiger partial charge in [0.15, 0.2) is 6.29 Å². The Balaban J connectivity index is 1.25. The summed E-state index contributed by atoms with van der Waals surface area (Å²) < 4.78 is 19.6. The Morgan fingerprint density at radius 2 is 1.64 bits per heavy atom. The minimum atomic E-state index is -1.51. The van der Waals surface area contributed by atoms with Crippen LogP contribution in [-0.4, -0.2) is 105 Å². The molecule has 18 atom stereocenters. The SMILES string of the molecule is C[C@]1(CO)CC[C@]2(C(=O)O)[C@@H](CO)C[C@]3(C)C(=CC[C@@H]4[C@]5(C)[C@@H]6[C@@H](C=C[C@H]5[C@@H](OCc5ccccc5)[C@@H](O[C@@H]5OC[C@@H](O)[C@H](O)[C@H]5O)[C@@]6(C)CO)C[C@]43C)[C@@H]2C1. The monoisotopic (exact) mass is 780 g/mol. The predicted molar refractivity (Wildman–Crippen MR) is 205 cm³/mol. The van der Waals surface area contributed by atoms with E-state index in [9.17, 15) is 40.5 Å². The summed E-state index contributed by atoms with van der Waals surface area (Å²) >= 11 is 0. The fraction of sp³-hybridized carbons (Fsp3) is 0.756. The van der Waals surface area contributed by atoms with Crippen LogP contribution in [0.2, 0.25) is 0 Å². The number of aliphatic carboxylic acids is 1. The molecule has 7 aliphatic rings. The molecular formula is C45H64O11. The molecule has 5 fully saturated rings. The van der Waals surface area contributed by atoms with Crippen LogP contribution in [0.3, 0.4) is 0 Å². The first-order chi connectivity index (χ1) is 26.5. The molecule has 1 saturated heterocycles. The van der Waals surface area contributed by atoms with Crippen LogP contribution in [0, 0.1) is 68.0 Å². The van der Waals surface area contributed by atoms with E-state index in [4.69, 9.17) is 14.2 Å². The fourth-order valence-corrected chi connectivity index (χ4v) is 14.6. The van der Waals surface area contributed by atoms with Crippen LogP contribution in [0.15, 0.2) is 54.1 Å². The Bertz CT molecular complexity index is 1720. The Hall–Kier alpha value is -2.19. The molecule has 0 spiro atoms. The molecular weight excluding hydrogens is 716 g/mol. The van der Waals surface area contributed by atoms with Gasteiger partial charge in [-0.05, 0) is 95.3 Å². The number of rotatable bonds is 9. The van der Waals surface area contributed by atoms with E-state index in [1.807, 2.05) is 30.3 Å². The molecule has 0 radical (unpaired) electrons. The van der Waals surface area contributed by atoms with Crippen LogP contribution in [0.25, 0.3) is 0 Å². The molecule has 1 aromatic carbocycles. The Labute approximate surface area is 330 Å². The van der Waals surface area contributed by atoms with Gasteiger partial charge in [-0.1, -0.05) is 88.8 Å². The first kappa shape index (κ1) is 40.6. The van der Waals surface area contributed by atoms with E-state index in [-0.39, 0.29) is 68.0 Å². The number of hydrogen-bond acceptors (Lipinski definition) is 10. The molecule has 6 aliphatic carbocycles. The van der Waals surface area contributed by atoms with Crippen molar-refractivity contribution in [1.29, 1.82) is 0 Å². The van der Waals surface area contributed by atoms with E-state index in [1.165, 1.54) is 5.57 Å². The van der Waals surface area contributed by atoms with Crippen molar-refractivity contribution in [1.82, 2.24) is 0 Å². The van der Waals surface area contributed by atoms with E-state index >= 15 is 0 Å². The van der Waals surface area contributed by atoms with Crippen LogP contribution in [-0.2, 0) is 25.6 Å². The number of benzene rings is 1. The number of carboxylic acid groups (broad SMARTS) is 1. The molecule has 7 N–H and O–H groups in total. The standard InChI is InChI=1S/C45H64O11/c1-40(23-47)15-16-45(39(52)53)27(20-46)18-42(3)28(30(45)19-40)13-14-32-43(42,4)17-26-11-12-29-35(54-21-25-9-7-6-8-10-25)37(41(2,24-48)36(26)44(29,32)5)56-38-34(51)33(50)31(49)22-55-38/h6-13,26-27,29-38,46-51H,14-24H2,1-5H3,(H,52,53)/t26-,27+,29-,30-,31+,32-,33-,34+,35+,36+,37+,38-,40-,41-,42+,43+,44+,45-/m0/s1. The van der Waals surface area contributed by atoms with Crippen molar-refractivity contribution in [3.63, 3.8) is 0 Å². The number of aliphatic hydroxyl groups is 6. The van der Waals surface area contributed by atoms with Crippen LogP contribution >= 0.6 is 0 Å². The van der Waals surface area contributed by atoms with E-state index < -0.39 is 75.8 Å². The van der Waals surface area contributed by atoms with Gasteiger partial charge in [0.2, 0.25) is 0 Å². The maximum absolute atomic E-state index is 13.5. The summed E-state index contributed by atoms with van der Waals surface area (Å²) in [7, 11) is 0. The highest BCUT2D eigenvalue weighted by molar-refractivity contribution is 5.77. The molecule has 0 amide bonds. The van der Waals surface area contributed by atoms with Gasteiger partial charge in [0.25, 0.3) is 0 Å². The first-order valence-electron chi connectivity index (χ1n) is 20.9. The van der Waals surface area contributed by atoms with Crippen molar-refractivity contribution < 1.29 is 54.8 Å². The van der Waals surface area contributed by atoms with Gasteiger partial charge in [-0.15, -0.1) is 0 Å². The second kappa shape index (κ2) is 13.9. The molecule has 11 heteroatoms. The number of fused-ring (bicyclic) bond motifs is 5. The maximum Gasteiger partial charge on any atom is 0.310 e. The van der Waals surface area contributed by atoms with E-state index in [0.717, 1.165) is 12.0 Å². The minimum absolute atomic E-state index is 0.00408. The molecule has 1 heterocycles. The molecule has 11 nitrogen and oxygen atoms in total. The van der Waals surface area contributed by atoms with Crippen LogP contribution in [0.4, 0.5) is 0 Å². The van der Waals surface area contributed by atoms with Gasteiger partial charge in [0, 0.05) is 24.5 Å². The lowest BCUT2D eigenvalue weighted by atomic mass is 9.29. The highest BCUT2D eigenvalue weighted by atomic mass is 16.7. The quantitative estimate of drug-likeness (QED) is 0.142. The summed E-state index contributed by atoms with van der Waals surface area (Å²) in [5.41, 5.74) is -1.51. The summed E-state index contributed by atoms with van der Waals surface area (Å²) in [6, 6.07) is 9.89. The normalized spacial score (nSPS) is 51.9. The van der Waals surface area contributed by atoms with Gasteiger partial charge in [0.05, 0.1) is 37.4 Å². The fourth-order valence-electron chi connectivity index (χ4n) is 14.6. The Morgan fingerprint density at radius 1 is 0.911 bits per heavy atom. The lowest BCUT2D eigenvalue weighted by molar-refractivity contribution is -0.346. The molecule has 1 aliphatic heterocycles. The molecule has 0 unspecified atom stereocenters. The van der Waals surface area contributed by atoms with Crippen LogP contribution in [0.5, 0.6) is 0 Å². The van der Waals surface area contributed by atoms with Gasteiger partial charge in [-0.2, -0.15) is 0 Å². The third-order valence-corrected chi connectivity index (χ3v) is 17.6. The van der Waals surface area contributed by atoms with Gasteiger partial charge in [-0.3, -0.25) is 4.79 Å². The zero-order chi connectivity index (χ0) is 40.2. The van der Waals surface area contributed by atoms with Crippen molar-refractivity contribution in [2.75, 3.05) is 26.4 Å². The summed E-state index contributed by atoms with van der Waals surface area (Å²) in [5.74, 6) is -1.82. The average molecular weight is 781 g/mol. The molecule has 8 rings (SSSR count). The van der Waals surface area contributed by atoms with Crippen molar-refractivity contribution in [3.05, 3.63) is 59.7 Å². The second-order valence-electron chi connectivity index (χ2n) is 20.2. The zero-order valence-electron chi connectivity index (χ0n) is 33.6. The molecule has 0 aromatic heterocycles. The maximum atomic E-state index is 13.5. The number of carbonyl (C=O) groups is 1. The summed E-state index contributed by atoms with van der Waals surface area (Å²) in [4.78, 5) is 13.5. The predicted octanol–water partition coefficient (Wildman–Crippen LogP) is 4.08. The highest BCUT2D eigenvalue weighted by Gasteiger charge is 2.76. The minimum Gasteiger partial charge on any atom is -0.481 e. The Kier molecular flexibility index (Phi) is 10.1. The number of aliphatic hydroxyl groups excluding tert-OH is 6. The van der Waals surface area contributed by atoms with Crippen molar-refractivity contribution >= 4 is 5.97 Å². The summed E-state index contributed by atoms with van der Waals surface area (Å²) in [6.07, 6.45) is 3.70. The first-order valence-corrected chi connectivity index (χ1v) is 20.9. The van der Waals surface area contributed by atoms with Gasteiger partial charge in [-0.25, -0.2) is 0 Å². The molecule has 56 heavy (non-hydrogen) atoms. The lowest BCUT2D eigenvalue weighted by Crippen LogP contribution is -2.75. The lowest BCUT2D eigenvalue weighted by Gasteiger charge is -2.76. The average Bonchev–Trinajstić information content (AvgIpc) is 3.17. The van der Waals surface area contributed by atoms with Crippen molar-refractivity contribution in [2.45, 2.75) is 117 Å². The third-order valence-electron chi connectivity index (χ3n) is 17.6. The summed E-state index contributed by atoms with van der Waals surface area (Å²) in [5, 5.41) is 76.4. The molecule has 1 aromatic rings. The third kappa shape index (κ3) is 5.44. The van der Waals surface area contributed by atoms with Crippen molar-refractivity contribution in [3.8, 4) is 0 Å². The number of carboxylic acids is 1. The van der Waals surface area contributed by atoms with Gasteiger partial charge >= 0.3 is 5.97 Å². The van der Waals surface area contributed by atoms with E-state index in [1.54, 1.807) is 0 Å².